The summed E-state index contributed by atoms with van der Waals surface area (Å²) in [5.41, 5.74) is 8.34. The zero-order valence-electron chi connectivity index (χ0n) is 8.68. The van der Waals surface area contributed by atoms with Crippen LogP contribution in [0.1, 0.15) is 5.56 Å². The number of hydrogen-bond acceptors (Lipinski definition) is 3. The highest BCUT2D eigenvalue weighted by Crippen LogP contribution is 2.11. The molecule has 15 heavy (non-hydrogen) atoms. The van der Waals surface area contributed by atoms with Gasteiger partial charge in [-0.2, -0.15) is 0 Å². The van der Waals surface area contributed by atoms with E-state index in [0.717, 1.165) is 16.9 Å². The van der Waals surface area contributed by atoms with Crippen molar-refractivity contribution in [2.24, 2.45) is 4.99 Å². The highest BCUT2D eigenvalue weighted by atomic mass is 32.2. The number of nitrogen functional groups attached to an aromatic ring is 1. The normalized spacial score (nSPS) is 11.9. The Bertz CT molecular complexity index is 394. The molecule has 0 atom stereocenters. The smallest absolute Gasteiger partial charge is 0.0685 e. The van der Waals surface area contributed by atoms with Gasteiger partial charge in [0.1, 0.15) is 0 Å². The van der Waals surface area contributed by atoms with Crippen LogP contribution in [0.2, 0.25) is 0 Å². The monoisotopic (exact) mass is 218 g/mol. The van der Waals surface area contributed by atoms with E-state index in [1.807, 2.05) is 48.1 Å². The van der Waals surface area contributed by atoms with Crippen LogP contribution in [0, 0.1) is 0 Å². The molecule has 0 aliphatic carbocycles. The lowest BCUT2D eigenvalue weighted by Gasteiger charge is -1.96. The molecule has 0 aliphatic rings. The Labute approximate surface area is 94.6 Å². The molecule has 0 bridgehead atoms. The minimum atomic E-state index is 0.763. The van der Waals surface area contributed by atoms with Gasteiger partial charge < -0.3 is 5.73 Å². The molecule has 0 saturated heterocycles. The maximum atomic E-state index is 5.67. The maximum absolute atomic E-state index is 5.67. The fourth-order valence-electron chi connectivity index (χ4n) is 1.09. The van der Waals surface area contributed by atoms with Gasteiger partial charge in [-0.1, -0.05) is 18.2 Å². The molecule has 0 fully saturated rings. The number of rotatable bonds is 4. The van der Waals surface area contributed by atoms with Crippen molar-refractivity contribution in [1.29, 1.82) is 0 Å². The van der Waals surface area contributed by atoms with E-state index in [-0.39, 0.29) is 0 Å². The second-order valence-electron chi connectivity index (χ2n) is 2.94. The Morgan fingerprint density at radius 3 is 2.93 bits per heavy atom. The van der Waals surface area contributed by atoms with Gasteiger partial charge in [-0.05, 0) is 42.2 Å². The lowest BCUT2D eigenvalue weighted by molar-refractivity contribution is 1.47. The zero-order chi connectivity index (χ0) is 11.1. The number of anilines is 1. The molecular weight excluding hydrogens is 204 g/mol. The van der Waals surface area contributed by atoms with E-state index in [9.17, 15) is 0 Å². The summed E-state index contributed by atoms with van der Waals surface area (Å²) in [6, 6.07) is 7.69. The molecule has 0 amide bonds. The Morgan fingerprint density at radius 2 is 2.33 bits per heavy atom. The van der Waals surface area contributed by atoms with Crippen LogP contribution in [0.15, 0.2) is 46.4 Å². The average Bonchev–Trinajstić information content (AvgIpc) is 2.24. The summed E-state index contributed by atoms with van der Waals surface area (Å²) in [6.45, 7) is 3.50. The fraction of sp³-hybridized carbons (Fsp3) is 0.0833. The van der Waals surface area contributed by atoms with Crippen LogP contribution >= 0.6 is 11.8 Å². The lowest BCUT2D eigenvalue weighted by atomic mass is 10.2. The Balaban J connectivity index is 2.80. The minimum absolute atomic E-state index is 0.763. The third kappa shape index (κ3) is 4.04. The molecule has 1 rings (SSSR count). The third-order valence-corrected chi connectivity index (χ3v) is 2.26. The van der Waals surface area contributed by atoms with Crippen molar-refractivity contribution in [3.63, 3.8) is 0 Å². The minimum Gasteiger partial charge on any atom is -0.399 e. The summed E-state index contributed by atoms with van der Waals surface area (Å²) in [7, 11) is 0. The predicted octanol–water partition coefficient (Wildman–Crippen LogP) is 3.19. The second kappa shape index (κ2) is 6.09. The highest BCUT2D eigenvalue weighted by Gasteiger charge is 1.89. The fourth-order valence-corrected chi connectivity index (χ4v) is 1.49. The molecule has 0 heterocycles. The molecule has 0 aromatic heterocycles. The van der Waals surface area contributed by atoms with Crippen LogP contribution in [-0.2, 0) is 0 Å². The van der Waals surface area contributed by atoms with E-state index < -0.39 is 0 Å². The first-order chi connectivity index (χ1) is 7.26. The number of nitrogens with zero attached hydrogens (tertiary/aromatic N) is 1. The molecule has 0 saturated carbocycles. The first-order valence-corrected chi connectivity index (χ1v) is 5.78. The Kier molecular flexibility index (Phi) is 4.71. The van der Waals surface area contributed by atoms with Crippen molar-refractivity contribution >= 4 is 30.2 Å². The molecule has 78 valence electrons. The van der Waals surface area contributed by atoms with Crippen molar-refractivity contribution in [3.8, 4) is 0 Å². The molecular formula is C12H14N2S. The topological polar surface area (TPSA) is 38.4 Å². The largest absolute Gasteiger partial charge is 0.399 e. The van der Waals surface area contributed by atoms with Gasteiger partial charge >= 0.3 is 0 Å². The molecule has 3 heteroatoms. The Hall–Kier alpha value is -1.48. The summed E-state index contributed by atoms with van der Waals surface area (Å²) < 4.78 is 0. The van der Waals surface area contributed by atoms with Crippen molar-refractivity contribution in [2.75, 3.05) is 12.0 Å². The molecule has 0 spiro atoms. The highest BCUT2D eigenvalue weighted by molar-refractivity contribution is 8.01. The van der Waals surface area contributed by atoms with Gasteiger partial charge in [0, 0.05) is 5.69 Å². The number of benzene rings is 1. The van der Waals surface area contributed by atoms with E-state index in [1.165, 1.54) is 0 Å². The number of thioether (sulfide) groups is 1. The van der Waals surface area contributed by atoms with Gasteiger partial charge in [0.2, 0.25) is 0 Å². The number of hydrogen-bond donors (Lipinski definition) is 1. The van der Waals surface area contributed by atoms with Gasteiger partial charge in [-0.3, -0.25) is 4.99 Å². The van der Waals surface area contributed by atoms with Crippen LogP contribution in [-0.4, -0.2) is 13.0 Å². The van der Waals surface area contributed by atoms with Crippen LogP contribution in [0.25, 0.3) is 6.08 Å². The second-order valence-corrected chi connectivity index (χ2v) is 3.65. The first-order valence-electron chi connectivity index (χ1n) is 4.49. The van der Waals surface area contributed by atoms with Gasteiger partial charge in [-0.25, -0.2) is 0 Å². The van der Waals surface area contributed by atoms with E-state index in [1.54, 1.807) is 11.8 Å². The average molecular weight is 218 g/mol. The van der Waals surface area contributed by atoms with E-state index in [0.29, 0.717) is 0 Å². The number of nitrogens with two attached hydrogens (primary N) is 1. The van der Waals surface area contributed by atoms with Crippen molar-refractivity contribution in [1.82, 2.24) is 0 Å². The van der Waals surface area contributed by atoms with Crippen molar-refractivity contribution in [2.45, 2.75) is 0 Å². The summed E-state index contributed by atoms with van der Waals surface area (Å²) in [5, 5.41) is 1.94. The van der Waals surface area contributed by atoms with Crippen LogP contribution in [0.5, 0.6) is 0 Å². The molecule has 0 aliphatic heterocycles. The van der Waals surface area contributed by atoms with Gasteiger partial charge in [0.25, 0.3) is 0 Å². The molecule has 2 nitrogen and oxygen atoms in total. The summed E-state index contributed by atoms with van der Waals surface area (Å²) >= 11 is 1.60. The van der Waals surface area contributed by atoms with Crippen LogP contribution in [0.3, 0.4) is 0 Å². The van der Waals surface area contributed by atoms with E-state index >= 15 is 0 Å². The lowest BCUT2D eigenvalue weighted by Crippen LogP contribution is -1.83. The first kappa shape index (κ1) is 11.6. The molecule has 1 aromatic rings. The van der Waals surface area contributed by atoms with Crippen LogP contribution < -0.4 is 5.73 Å². The predicted molar refractivity (Wildman–Crippen MR) is 71.0 cm³/mol. The summed E-state index contributed by atoms with van der Waals surface area (Å²) in [5.74, 6) is 0. The third-order valence-electron chi connectivity index (χ3n) is 1.78. The maximum Gasteiger partial charge on any atom is 0.0685 e. The molecule has 0 unspecified atom stereocenters. The molecule has 0 radical (unpaired) electrons. The van der Waals surface area contributed by atoms with E-state index in [4.69, 9.17) is 5.73 Å². The SMILES string of the molecule is C=NC(=C\SC)/C=C/c1cccc(N)c1. The summed E-state index contributed by atoms with van der Waals surface area (Å²) in [6.07, 6.45) is 5.87. The van der Waals surface area contributed by atoms with Gasteiger partial charge in [0.05, 0.1) is 5.70 Å². The van der Waals surface area contributed by atoms with Gasteiger partial charge in [-0.15, -0.1) is 11.8 Å². The quantitative estimate of drug-likeness (QED) is 0.479. The van der Waals surface area contributed by atoms with Crippen LogP contribution in [0.4, 0.5) is 5.69 Å². The molecule has 1 aromatic carbocycles. The number of allylic oxidation sites excluding steroid dienone is 1. The van der Waals surface area contributed by atoms with E-state index in [2.05, 4.69) is 11.7 Å². The van der Waals surface area contributed by atoms with Gasteiger partial charge in [0.15, 0.2) is 0 Å². The zero-order valence-corrected chi connectivity index (χ0v) is 9.50. The number of aliphatic imine (C=N–C) groups is 1. The van der Waals surface area contributed by atoms with Crippen molar-refractivity contribution in [3.05, 3.63) is 47.0 Å². The Morgan fingerprint density at radius 1 is 1.53 bits per heavy atom. The van der Waals surface area contributed by atoms with Crippen molar-refractivity contribution < 1.29 is 0 Å². The standard InChI is InChI=1S/C12H14N2S/c1-14-12(9-15-2)7-6-10-4-3-5-11(13)8-10/h3-9H,1,13H2,2H3/b7-6+,12-9-. The molecule has 2 N–H and O–H groups in total. The summed E-state index contributed by atoms with van der Waals surface area (Å²) in [4.78, 5) is 3.89.